The molecule has 3 N–H and O–H groups in total. The lowest BCUT2D eigenvalue weighted by Gasteiger charge is -2.44. The fourth-order valence-electron chi connectivity index (χ4n) is 14.4. The zero-order valence-corrected chi connectivity index (χ0v) is 66.9. The zero-order valence-electron chi connectivity index (χ0n) is 66.1. The van der Waals surface area contributed by atoms with Crippen molar-refractivity contribution in [1.82, 2.24) is 29.7 Å². The van der Waals surface area contributed by atoms with Gasteiger partial charge in [-0.05, 0) is 239 Å². The molecule has 0 spiro atoms. The highest BCUT2D eigenvalue weighted by Gasteiger charge is 2.49. The number of hydrogen-bond acceptors (Lipinski definition) is 16. The average Bonchev–Trinajstić information content (AvgIpc) is 0.758. The Hall–Kier alpha value is -10.8. The van der Waals surface area contributed by atoms with E-state index >= 15 is 26.3 Å². The Kier molecular flexibility index (Phi) is 29.5. The van der Waals surface area contributed by atoms with Crippen LogP contribution in [0.5, 0.6) is 5.75 Å². The predicted molar refractivity (Wildman–Crippen MR) is 424 cm³/mol. The Morgan fingerprint density at radius 2 is 0.788 bits per heavy atom. The van der Waals surface area contributed by atoms with Crippen LogP contribution in [0.2, 0.25) is 0 Å². The van der Waals surface area contributed by atoms with Crippen LogP contribution in [-0.4, -0.2) is 153 Å². The Bertz CT molecular complexity index is 5220. The summed E-state index contributed by atoms with van der Waals surface area (Å²) in [6.45, 7) is 13.7. The minimum atomic E-state index is -5.94. The third kappa shape index (κ3) is 23.5. The van der Waals surface area contributed by atoms with Gasteiger partial charge in [0, 0.05) is 115 Å². The number of carbonyl (C=O) groups excluding carboxylic acids is 2. The summed E-state index contributed by atoms with van der Waals surface area (Å²) in [6, 6.07) is 28.3. The summed E-state index contributed by atoms with van der Waals surface area (Å²) >= 11 is 0. The van der Waals surface area contributed by atoms with Crippen LogP contribution < -0.4 is 9.65 Å². The second kappa shape index (κ2) is 38.3. The van der Waals surface area contributed by atoms with Gasteiger partial charge in [-0.2, -0.15) is 21.6 Å². The third-order valence-electron chi connectivity index (χ3n) is 19.4. The molecular formula is C87H87BF12N6O11S. The van der Waals surface area contributed by atoms with E-state index in [1.807, 2.05) is 79.4 Å². The van der Waals surface area contributed by atoms with Crippen molar-refractivity contribution in [2.24, 2.45) is 0 Å². The van der Waals surface area contributed by atoms with Crippen LogP contribution in [0.15, 0.2) is 183 Å². The number of pyridine rings is 3. The molecule has 6 heterocycles. The molecule has 0 saturated heterocycles. The summed E-state index contributed by atoms with van der Waals surface area (Å²) in [7, 11) is -4.99. The van der Waals surface area contributed by atoms with Crippen molar-refractivity contribution in [2.75, 3.05) is 33.9 Å². The second-order valence-electron chi connectivity index (χ2n) is 30.4. The highest BCUT2D eigenvalue weighted by atomic mass is 32.2. The van der Waals surface area contributed by atoms with Gasteiger partial charge in [0.2, 0.25) is 0 Å². The van der Waals surface area contributed by atoms with Crippen molar-refractivity contribution in [1.29, 1.82) is 0 Å². The van der Waals surface area contributed by atoms with Crippen molar-refractivity contribution in [2.45, 2.75) is 140 Å². The molecule has 0 fully saturated rings. The van der Waals surface area contributed by atoms with Crippen molar-refractivity contribution in [3.8, 4) is 28.0 Å². The monoisotopic (exact) mass is 1660 g/mol. The number of fused-ring (bicyclic) bond motifs is 3. The number of methoxy groups -OCH3 is 2. The van der Waals surface area contributed by atoms with Gasteiger partial charge in [0.25, 0.3) is 0 Å². The van der Waals surface area contributed by atoms with Crippen LogP contribution in [-0.2, 0) is 53.2 Å². The number of aromatic nitrogens is 3. The molecular weight excluding hydrogens is 1580 g/mol. The highest BCUT2D eigenvalue weighted by molar-refractivity contribution is 7.88. The van der Waals surface area contributed by atoms with Crippen LogP contribution in [0.1, 0.15) is 147 Å². The van der Waals surface area contributed by atoms with Gasteiger partial charge in [0.05, 0.1) is 32.3 Å². The molecule has 17 nitrogen and oxygen atoms in total. The van der Waals surface area contributed by atoms with Gasteiger partial charge in [-0.1, -0.05) is 60.7 Å². The molecule has 0 amide bonds. The third-order valence-corrected chi connectivity index (χ3v) is 20.4. The van der Waals surface area contributed by atoms with Crippen LogP contribution >= 0.6 is 0 Å². The minimum Gasteiger partial charge on any atom is -0.478 e. The van der Waals surface area contributed by atoms with E-state index in [0.717, 1.165) is 113 Å². The molecule has 6 unspecified atom stereocenters. The van der Waals surface area contributed by atoms with Crippen molar-refractivity contribution in [3.05, 3.63) is 284 Å². The number of ether oxygens (including phenoxy) is 2. The maximum Gasteiger partial charge on any atom is 0.534 e. The Morgan fingerprint density at radius 1 is 0.466 bits per heavy atom. The van der Waals surface area contributed by atoms with Crippen LogP contribution in [0, 0.1) is 34.9 Å². The summed E-state index contributed by atoms with van der Waals surface area (Å²) < 4.78 is 212. The van der Waals surface area contributed by atoms with E-state index in [1.54, 1.807) is 54.9 Å². The Morgan fingerprint density at radius 3 is 1.07 bits per heavy atom. The van der Waals surface area contributed by atoms with E-state index in [0.29, 0.717) is 23.9 Å². The van der Waals surface area contributed by atoms with Gasteiger partial charge >= 0.3 is 40.7 Å². The molecule has 624 valence electrons. The number of aliphatic carboxylic acids is 1. The second-order valence-corrected chi connectivity index (χ2v) is 32.0. The van der Waals surface area contributed by atoms with E-state index in [-0.39, 0.29) is 77.1 Å². The first kappa shape index (κ1) is 91.1. The van der Waals surface area contributed by atoms with Crippen LogP contribution in [0.3, 0.4) is 0 Å². The molecule has 3 aromatic heterocycles. The highest BCUT2D eigenvalue weighted by Crippen LogP contribution is 2.47. The first-order chi connectivity index (χ1) is 55.3. The standard InChI is InChI=1S/C29H29F3N2O2.C28H27F3N2O2.C25H25F6NO5S.C5H6BNO2/c1-18-12-22-15-20(21-6-5-11-33-16-21)8-9-23(22)28(34(18)17-29(2,3)32)27-24(30)13-19(14-25(27)31)7-10-26(35)36-4;1-17-11-21-14-19(20-5-4-10-32-15-20)7-8-22(21)27(33(17)16-28(2,3)31)26-23(29)12-18(13-24(26)30)6-9-25(34)35;1-14-9-16-12-17(37-38(34,35)25(29,30)31)6-7-18(16)23(32(14)13-24(2,3)28)22-19(26)10-15(11-20(22)27)5-8-21(33)36-4;8-6(9)5-2-1-3-7-4-5/h5-11,13-16,18,28H,12,17H2,1-4H3;4-10,12-15,17,27H,11,16H2,1-3H3,(H,34,35);5-8,10-12,14,23H,9,13H2,1-4H3;1-4,8-9H/b10-7+;9-6+;8-5+;. The van der Waals surface area contributed by atoms with E-state index in [4.69, 9.17) is 15.2 Å². The predicted octanol–water partition coefficient (Wildman–Crippen LogP) is 16.7. The molecule has 6 aromatic carbocycles. The van der Waals surface area contributed by atoms with Gasteiger partial charge in [0.1, 0.15) is 57.7 Å². The summed E-state index contributed by atoms with van der Waals surface area (Å²) in [5.41, 5.74) is -3.04. The lowest BCUT2D eigenvalue weighted by Crippen LogP contribution is -2.48. The molecule has 0 bridgehead atoms. The summed E-state index contributed by atoms with van der Waals surface area (Å²) in [5, 5.41) is 25.9. The summed E-state index contributed by atoms with van der Waals surface area (Å²) in [4.78, 5) is 50.8. The fraction of sp³-hybridized carbons (Fsp3) is 0.310. The molecule has 31 heteroatoms. The van der Waals surface area contributed by atoms with Gasteiger partial charge in [-0.25, -0.2) is 53.9 Å². The Balaban J connectivity index is 0.000000191. The molecule has 9 aromatic rings. The van der Waals surface area contributed by atoms with Crippen molar-refractivity contribution >= 4 is 58.8 Å². The molecule has 3 aliphatic rings. The van der Waals surface area contributed by atoms with Crippen LogP contribution in [0.25, 0.3) is 40.5 Å². The number of rotatable bonds is 20. The molecule has 3 aliphatic heterocycles. The SMILES string of the molecule is CC1Cc2cc(-c3cccnc3)ccc2C(c2c(F)cc(/C=C/C(=O)O)cc2F)N1CC(C)(C)F.COC(=O)/C=C/c1cc(F)c(C2c3ccc(-c4cccnc4)cc3CC(C)N2CC(C)(C)F)c(F)c1.COC(=O)/C=C/c1cc(F)c(C2c3ccc(OS(=O)(=O)C(F)(F)F)cc3CC(C)N2CC(C)(C)F)c(F)c1.OB(O)c1cccnc1. The first-order valence-electron chi connectivity index (χ1n) is 37.0. The number of esters is 2. The van der Waals surface area contributed by atoms with E-state index in [9.17, 15) is 49.1 Å². The molecule has 0 saturated carbocycles. The van der Waals surface area contributed by atoms with Gasteiger partial charge in [-0.3, -0.25) is 29.7 Å². The number of hydrogen-bond donors (Lipinski definition) is 3. The minimum absolute atomic E-state index is 0.00546. The molecule has 12 rings (SSSR count). The van der Waals surface area contributed by atoms with E-state index < -0.39 is 128 Å². The number of carboxylic acid groups (broad SMARTS) is 1. The lowest BCUT2D eigenvalue weighted by atomic mass is 9.82. The number of benzene rings is 6. The number of nitrogens with zero attached hydrogens (tertiary/aromatic N) is 6. The molecule has 6 atom stereocenters. The van der Waals surface area contributed by atoms with Crippen LogP contribution in [0.4, 0.5) is 52.7 Å². The number of carbonyl (C=O) groups is 3. The Labute approximate surface area is 676 Å². The molecule has 118 heavy (non-hydrogen) atoms. The van der Waals surface area contributed by atoms with Crippen molar-refractivity contribution < 1.29 is 104 Å². The lowest BCUT2D eigenvalue weighted by molar-refractivity contribution is -0.135. The van der Waals surface area contributed by atoms with Gasteiger partial charge in [0.15, 0.2) is 0 Å². The average molecular weight is 1660 g/mol. The van der Waals surface area contributed by atoms with Gasteiger partial charge in [-0.15, -0.1) is 0 Å². The fourth-order valence-corrected chi connectivity index (χ4v) is 14.9. The smallest absolute Gasteiger partial charge is 0.478 e. The summed E-state index contributed by atoms with van der Waals surface area (Å²) in [6.07, 6.45) is 17.7. The first-order valence-corrected chi connectivity index (χ1v) is 38.4. The summed E-state index contributed by atoms with van der Waals surface area (Å²) in [5.74, 6) is -8.38. The van der Waals surface area contributed by atoms with Crippen molar-refractivity contribution in [3.63, 3.8) is 0 Å². The molecule has 0 aliphatic carbocycles. The zero-order chi connectivity index (χ0) is 86.7. The maximum absolute atomic E-state index is 15.6. The van der Waals surface area contributed by atoms with E-state index in [2.05, 4.69) is 28.6 Å². The number of alkyl halides is 6. The topological polar surface area (TPSA) is 222 Å². The largest absolute Gasteiger partial charge is 0.534 e. The molecule has 0 radical (unpaired) electrons. The van der Waals surface area contributed by atoms with Gasteiger partial charge < -0.3 is 28.8 Å². The maximum atomic E-state index is 15.6. The number of carboxylic acids is 1. The number of halogens is 12. The normalized spacial score (nSPS) is 17.9. The van der Waals surface area contributed by atoms with E-state index in [1.165, 1.54) is 84.0 Å². The quantitative estimate of drug-likeness (QED) is 0.0161.